The largest absolute Gasteiger partial charge is 0.396 e. The number of carbonyl (C=O) groups excluding carboxylic acids is 1. The van der Waals surface area contributed by atoms with Gasteiger partial charge >= 0.3 is 0 Å². The van der Waals surface area contributed by atoms with Crippen LogP contribution >= 0.6 is 0 Å². The molecule has 1 unspecified atom stereocenters. The molecule has 0 amide bonds. The average Bonchev–Trinajstić information content (AvgIpc) is 2.30. The number of ketones is 1. The maximum atomic E-state index is 10.5. The Balaban J connectivity index is 0. The summed E-state index contributed by atoms with van der Waals surface area (Å²) in [4.78, 5) is 10.5. The fourth-order valence-electron chi connectivity index (χ4n) is 1.42. The van der Waals surface area contributed by atoms with Crippen molar-refractivity contribution < 1.29 is 9.90 Å². The zero-order chi connectivity index (χ0) is 15.1. The highest BCUT2D eigenvalue weighted by atomic mass is 16.3. The average molecular weight is 266 g/mol. The minimum atomic E-state index is 0.113. The van der Waals surface area contributed by atoms with Gasteiger partial charge in [-0.3, -0.25) is 4.79 Å². The minimum Gasteiger partial charge on any atom is -0.396 e. The van der Waals surface area contributed by atoms with Crippen LogP contribution in [0.2, 0.25) is 0 Å². The first kappa shape index (κ1) is 20.2. The van der Waals surface area contributed by atoms with Crippen molar-refractivity contribution >= 4 is 5.78 Å². The van der Waals surface area contributed by atoms with Gasteiger partial charge in [-0.1, -0.05) is 30.7 Å². The van der Waals surface area contributed by atoms with Gasteiger partial charge in [0.2, 0.25) is 0 Å². The topological polar surface area (TPSA) is 37.3 Å². The molecule has 110 valence electrons. The fraction of sp³-hybridized carbons (Fsp3) is 0.588. The van der Waals surface area contributed by atoms with Crippen molar-refractivity contribution in [2.24, 2.45) is 5.92 Å². The summed E-state index contributed by atoms with van der Waals surface area (Å²) in [5.74, 6) is 0.776. The van der Waals surface area contributed by atoms with E-state index in [2.05, 4.69) is 33.4 Å². The van der Waals surface area contributed by atoms with Crippen molar-refractivity contribution in [1.82, 2.24) is 0 Å². The molecule has 1 atom stereocenters. The molecule has 0 aliphatic heterocycles. The number of hydrogen-bond acceptors (Lipinski definition) is 2. The van der Waals surface area contributed by atoms with Gasteiger partial charge < -0.3 is 5.11 Å². The summed E-state index contributed by atoms with van der Waals surface area (Å²) in [5, 5.41) is 8.63. The lowest BCUT2D eigenvalue weighted by atomic mass is 10.0. The highest BCUT2D eigenvalue weighted by Crippen LogP contribution is 2.10. The maximum absolute atomic E-state index is 10.5. The third-order valence-corrected chi connectivity index (χ3v) is 2.53. The van der Waals surface area contributed by atoms with Gasteiger partial charge in [0.25, 0.3) is 0 Å². The first-order chi connectivity index (χ1) is 8.97. The second kappa shape index (κ2) is 14.9. The molecule has 19 heavy (non-hydrogen) atoms. The lowest BCUT2D eigenvalue weighted by Crippen LogP contribution is -1.96. The Labute approximate surface area is 118 Å². The van der Waals surface area contributed by atoms with E-state index in [1.165, 1.54) is 12.0 Å². The van der Waals surface area contributed by atoms with E-state index < -0.39 is 0 Å². The molecule has 0 rings (SSSR count). The van der Waals surface area contributed by atoms with Crippen LogP contribution in [0.3, 0.4) is 0 Å². The SMILES string of the molecule is C=CCC(=O)C=CC.CC(C)=CCCC(C)CCO. The van der Waals surface area contributed by atoms with Crippen molar-refractivity contribution in [1.29, 1.82) is 0 Å². The van der Waals surface area contributed by atoms with Gasteiger partial charge in [-0.25, -0.2) is 0 Å². The van der Waals surface area contributed by atoms with E-state index >= 15 is 0 Å². The van der Waals surface area contributed by atoms with E-state index in [9.17, 15) is 4.79 Å². The lowest BCUT2D eigenvalue weighted by Gasteiger charge is -2.06. The van der Waals surface area contributed by atoms with Gasteiger partial charge in [0.05, 0.1) is 0 Å². The van der Waals surface area contributed by atoms with Crippen LogP contribution in [-0.4, -0.2) is 17.5 Å². The van der Waals surface area contributed by atoms with Gasteiger partial charge in [-0.2, -0.15) is 0 Å². The van der Waals surface area contributed by atoms with Crippen LogP contribution < -0.4 is 0 Å². The first-order valence-corrected chi connectivity index (χ1v) is 6.98. The first-order valence-electron chi connectivity index (χ1n) is 6.98. The number of aliphatic hydroxyl groups is 1. The second-order valence-electron chi connectivity index (χ2n) is 4.94. The van der Waals surface area contributed by atoms with Crippen LogP contribution in [0.5, 0.6) is 0 Å². The van der Waals surface area contributed by atoms with Gasteiger partial charge in [-0.15, -0.1) is 6.58 Å². The van der Waals surface area contributed by atoms with Gasteiger partial charge in [0, 0.05) is 13.0 Å². The molecule has 0 fully saturated rings. The molecule has 2 nitrogen and oxygen atoms in total. The summed E-state index contributed by atoms with van der Waals surface area (Å²) in [7, 11) is 0. The zero-order valence-electron chi connectivity index (χ0n) is 13.0. The molecule has 0 aromatic heterocycles. The molecule has 2 heteroatoms. The Bertz CT molecular complexity index is 284. The van der Waals surface area contributed by atoms with Gasteiger partial charge in [-0.05, 0) is 52.0 Å². The predicted molar refractivity (Wildman–Crippen MR) is 84.2 cm³/mol. The molecule has 0 saturated heterocycles. The molecule has 0 aliphatic carbocycles. The van der Waals surface area contributed by atoms with Crippen LogP contribution in [0, 0.1) is 5.92 Å². The molecule has 1 N–H and O–H groups in total. The van der Waals surface area contributed by atoms with Crippen molar-refractivity contribution in [3.05, 3.63) is 36.5 Å². The monoisotopic (exact) mass is 266 g/mol. The van der Waals surface area contributed by atoms with Gasteiger partial charge in [0.15, 0.2) is 5.78 Å². The molecular formula is C17H30O2. The fourth-order valence-corrected chi connectivity index (χ4v) is 1.42. The van der Waals surface area contributed by atoms with E-state index in [-0.39, 0.29) is 5.78 Å². The van der Waals surface area contributed by atoms with E-state index in [1.54, 1.807) is 18.2 Å². The van der Waals surface area contributed by atoms with Crippen molar-refractivity contribution in [2.45, 2.75) is 53.4 Å². The van der Waals surface area contributed by atoms with Crippen molar-refractivity contribution in [3.63, 3.8) is 0 Å². The highest BCUT2D eigenvalue weighted by Gasteiger charge is 1.98. The van der Waals surface area contributed by atoms with E-state index in [0.717, 1.165) is 12.8 Å². The molecule has 0 aromatic carbocycles. The second-order valence-corrected chi connectivity index (χ2v) is 4.94. The summed E-state index contributed by atoms with van der Waals surface area (Å²) in [6, 6.07) is 0. The van der Waals surface area contributed by atoms with Crippen molar-refractivity contribution in [2.75, 3.05) is 6.61 Å². The number of rotatable bonds is 8. The molecule has 0 spiro atoms. The summed E-state index contributed by atoms with van der Waals surface area (Å²) >= 11 is 0. The molecule has 0 radical (unpaired) electrons. The standard InChI is InChI=1S/C10H20O.C7H10O/c1-9(2)5-4-6-10(3)7-8-11;1-3-5-7(8)6-4-2/h5,10-11H,4,6-8H2,1-3H3;3-4,6H,1,5H2,2H3. The lowest BCUT2D eigenvalue weighted by molar-refractivity contribution is -0.113. The number of hydrogen-bond donors (Lipinski definition) is 1. The quantitative estimate of drug-likeness (QED) is 0.520. The summed E-state index contributed by atoms with van der Waals surface area (Å²) in [6.45, 7) is 12.0. The number of aliphatic hydroxyl groups excluding tert-OH is 1. The molecule has 0 aliphatic rings. The number of allylic oxidation sites excluding steroid dienone is 5. The highest BCUT2D eigenvalue weighted by molar-refractivity contribution is 5.90. The molecule has 0 saturated carbocycles. The summed E-state index contributed by atoms with van der Waals surface area (Å²) in [5.41, 5.74) is 1.39. The minimum absolute atomic E-state index is 0.113. The molecule has 0 bridgehead atoms. The molecule has 0 heterocycles. The van der Waals surface area contributed by atoms with Gasteiger partial charge in [0.1, 0.15) is 0 Å². The Morgan fingerprint density at radius 2 is 1.95 bits per heavy atom. The predicted octanol–water partition coefficient (Wildman–Crippen LogP) is 4.46. The Morgan fingerprint density at radius 1 is 1.32 bits per heavy atom. The normalized spacial score (nSPS) is 11.4. The molecule has 0 aromatic rings. The van der Waals surface area contributed by atoms with Crippen LogP contribution in [0.25, 0.3) is 0 Å². The van der Waals surface area contributed by atoms with Crippen LogP contribution in [0.15, 0.2) is 36.5 Å². The molecular weight excluding hydrogens is 236 g/mol. The Hall–Kier alpha value is -1.15. The van der Waals surface area contributed by atoms with E-state index in [0.29, 0.717) is 18.9 Å². The third kappa shape index (κ3) is 19.4. The number of carbonyl (C=O) groups is 1. The van der Waals surface area contributed by atoms with Crippen molar-refractivity contribution in [3.8, 4) is 0 Å². The van der Waals surface area contributed by atoms with Crippen LogP contribution in [0.1, 0.15) is 53.4 Å². The maximum Gasteiger partial charge on any atom is 0.159 e. The van der Waals surface area contributed by atoms with Crippen LogP contribution in [0.4, 0.5) is 0 Å². The zero-order valence-corrected chi connectivity index (χ0v) is 13.0. The summed E-state index contributed by atoms with van der Waals surface area (Å²) in [6.07, 6.45) is 10.9. The third-order valence-electron chi connectivity index (χ3n) is 2.53. The Morgan fingerprint density at radius 3 is 2.37 bits per heavy atom. The Kier molecular flexibility index (Phi) is 15.8. The smallest absolute Gasteiger partial charge is 0.159 e. The summed E-state index contributed by atoms with van der Waals surface area (Å²) < 4.78 is 0. The van der Waals surface area contributed by atoms with Crippen LogP contribution in [-0.2, 0) is 4.79 Å². The van der Waals surface area contributed by atoms with E-state index in [4.69, 9.17) is 5.11 Å². The van der Waals surface area contributed by atoms with E-state index in [1.807, 2.05) is 6.92 Å².